The van der Waals surface area contributed by atoms with Crippen LogP contribution in [-0.2, 0) is 0 Å². The zero-order valence-corrected chi connectivity index (χ0v) is 18.4. The van der Waals surface area contributed by atoms with Crippen LogP contribution in [0.4, 0.5) is 0 Å². The molecule has 2 heteroatoms. The summed E-state index contributed by atoms with van der Waals surface area (Å²) in [6.07, 6.45) is 16.8. The number of rotatable bonds is 5. The zero-order valence-electron chi connectivity index (χ0n) is 18.4. The number of nitrogens with two attached hydrogens (primary N) is 1. The highest BCUT2D eigenvalue weighted by molar-refractivity contribution is 5.77. The van der Waals surface area contributed by atoms with Crippen molar-refractivity contribution in [3.63, 3.8) is 0 Å². The number of nitrogens with zero attached hydrogens (tertiary/aromatic N) is 1. The molecule has 0 aliphatic heterocycles. The predicted octanol–water partition coefficient (Wildman–Crippen LogP) is 7.44. The third-order valence-electron chi connectivity index (χ3n) is 5.61. The fourth-order valence-electron chi connectivity index (χ4n) is 3.92. The van der Waals surface area contributed by atoms with Gasteiger partial charge < -0.3 is 5.73 Å². The van der Waals surface area contributed by atoms with Gasteiger partial charge in [0.05, 0.1) is 11.9 Å². The minimum Gasteiger partial charge on any atom is -0.388 e. The maximum absolute atomic E-state index is 5.68. The van der Waals surface area contributed by atoms with Crippen LogP contribution >= 0.6 is 0 Å². The number of amidine groups is 1. The van der Waals surface area contributed by atoms with Crippen molar-refractivity contribution in [1.29, 1.82) is 0 Å². The van der Waals surface area contributed by atoms with Crippen LogP contribution in [0.2, 0.25) is 0 Å². The van der Waals surface area contributed by atoms with Crippen LogP contribution in [0.1, 0.15) is 112 Å². The summed E-state index contributed by atoms with van der Waals surface area (Å²) in [5.74, 6) is 2.60. The molecule has 1 unspecified atom stereocenters. The van der Waals surface area contributed by atoms with Gasteiger partial charge in [0, 0.05) is 0 Å². The summed E-state index contributed by atoms with van der Waals surface area (Å²) in [6, 6.07) is 0.194. The van der Waals surface area contributed by atoms with Gasteiger partial charge in [0.15, 0.2) is 0 Å². The Morgan fingerprint density at radius 2 is 1.50 bits per heavy atom. The van der Waals surface area contributed by atoms with E-state index in [0.29, 0.717) is 5.84 Å². The average molecular weight is 363 g/mol. The van der Waals surface area contributed by atoms with Crippen LogP contribution in [0.25, 0.3) is 0 Å². The van der Waals surface area contributed by atoms with Crippen molar-refractivity contribution >= 4 is 5.84 Å². The lowest BCUT2D eigenvalue weighted by Gasteiger charge is -2.23. The first-order valence-electron chi connectivity index (χ1n) is 11.2. The first kappa shape index (κ1) is 25.0. The fraction of sp³-hybridized carbons (Fsp3) is 0.833. The Balaban J connectivity index is 0.000000575. The number of hydrogen-bond acceptors (Lipinski definition) is 1. The predicted molar refractivity (Wildman–Crippen MR) is 119 cm³/mol. The van der Waals surface area contributed by atoms with Crippen LogP contribution in [0.5, 0.6) is 0 Å². The van der Waals surface area contributed by atoms with Crippen molar-refractivity contribution in [2.75, 3.05) is 0 Å². The lowest BCUT2D eigenvalue weighted by molar-refractivity contribution is 0.327. The molecule has 0 aromatic heterocycles. The van der Waals surface area contributed by atoms with Gasteiger partial charge in [-0.1, -0.05) is 91.6 Å². The maximum atomic E-state index is 5.68. The largest absolute Gasteiger partial charge is 0.388 e. The highest BCUT2D eigenvalue weighted by Gasteiger charge is 2.16. The summed E-state index contributed by atoms with van der Waals surface area (Å²) in [4.78, 5) is 4.49. The Bertz CT molecular complexity index is 402. The quantitative estimate of drug-likeness (QED) is 0.308. The molecule has 0 radical (unpaired) electrons. The van der Waals surface area contributed by atoms with Crippen molar-refractivity contribution < 1.29 is 0 Å². The Morgan fingerprint density at radius 3 is 1.88 bits per heavy atom. The molecule has 0 heterocycles. The maximum Gasteiger partial charge on any atom is 0.0913 e. The third kappa shape index (κ3) is 12.4. The topological polar surface area (TPSA) is 38.4 Å². The molecule has 0 spiro atoms. The minimum atomic E-state index is 0.194. The smallest absolute Gasteiger partial charge is 0.0913 e. The standard InChI is InChI=1S/C15H26N2.C7H14.C2H6/c1-4-12(2)15(17-13(3)16)11-10-14-8-6-5-7-9-14;1-7-5-3-2-4-6-7;1-2/h14-15H,1,5-11H2,2-3H3,(H2,16,17);7H,2-6H2,1H3;1-2H3. The monoisotopic (exact) mass is 362 g/mol. The average Bonchev–Trinajstić information content (AvgIpc) is 2.68. The van der Waals surface area contributed by atoms with E-state index in [-0.39, 0.29) is 6.04 Å². The summed E-state index contributed by atoms with van der Waals surface area (Å²) in [5, 5.41) is 0. The van der Waals surface area contributed by atoms with Crippen molar-refractivity contribution in [3.8, 4) is 0 Å². The summed E-state index contributed by atoms with van der Waals surface area (Å²) in [6.45, 7) is 14.0. The molecule has 2 aliphatic carbocycles. The van der Waals surface area contributed by atoms with Crippen LogP contribution in [-0.4, -0.2) is 11.9 Å². The van der Waals surface area contributed by atoms with Gasteiger partial charge in [-0.3, -0.25) is 4.99 Å². The molecular formula is C24H46N2. The van der Waals surface area contributed by atoms with Crippen LogP contribution < -0.4 is 5.73 Å². The van der Waals surface area contributed by atoms with Crippen molar-refractivity contribution in [2.24, 2.45) is 22.6 Å². The first-order chi connectivity index (χ1) is 12.5. The molecule has 0 aromatic rings. The highest BCUT2D eigenvalue weighted by atomic mass is 14.9. The summed E-state index contributed by atoms with van der Waals surface area (Å²) >= 11 is 0. The van der Waals surface area contributed by atoms with Crippen LogP contribution in [0, 0.1) is 11.8 Å². The first-order valence-corrected chi connectivity index (χ1v) is 11.2. The van der Waals surface area contributed by atoms with Gasteiger partial charge in [0.2, 0.25) is 0 Å². The van der Waals surface area contributed by atoms with E-state index < -0.39 is 0 Å². The van der Waals surface area contributed by atoms with Crippen molar-refractivity contribution in [1.82, 2.24) is 0 Å². The molecule has 1 atom stereocenters. The molecule has 2 rings (SSSR count). The molecule has 0 amide bonds. The minimum absolute atomic E-state index is 0.194. The van der Waals surface area contributed by atoms with Gasteiger partial charge in [-0.25, -0.2) is 0 Å². The molecule has 26 heavy (non-hydrogen) atoms. The van der Waals surface area contributed by atoms with Gasteiger partial charge in [-0.2, -0.15) is 0 Å². The van der Waals surface area contributed by atoms with E-state index in [2.05, 4.69) is 24.2 Å². The van der Waals surface area contributed by atoms with E-state index in [0.717, 1.165) is 23.8 Å². The zero-order chi connectivity index (χ0) is 19.8. The Kier molecular flexibility index (Phi) is 15.6. The van der Waals surface area contributed by atoms with Crippen molar-refractivity contribution in [3.05, 3.63) is 17.9 Å². The van der Waals surface area contributed by atoms with Crippen LogP contribution in [0.15, 0.2) is 22.9 Å². The van der Waals surface area contributed by atoms with Gasteiger partial charge in [0.1, 0.15) is 0 Å². The van der Waals surface area contributed by atoms with E-state index in [1.807, 2.05) is 27.7 Å². The highest BCUT2D eigenvalue weighted by Crippen LogP contribution is 2.29. The summed E-state index contributed by atoms with van der Waals surface area (Å²) < 4.78 is 0. The third-order valence-corrected chi connectivity index (χ3v) is 5.61. The number of aliphatic imine (C=N–C) groups is 1. The summed E-state index contributed by atoms with van der Waals surface area (Å²) in [5.41, 5.74) is 9.76. The lowest BCUT2D eigenvalue weighted by Crippen LogP contribution is -2.16. The van der Waals surface area contributed by atoms with Gasteiger partial charge in [-0.05, 0) is 44.1 Å². The van der Waals surface area contributed by atoms with Crippen molar-refractivity contribution in [2.45, 2.75) is 118 Å². The normalized spacial score (nSPS) is 20.0. The Hall–Kier alpha value is -1.01. The molecule has 2 N–H and O–H groups in total. The molecule has 2 nitrogen and oxygen atoms in total. The molecule has 152 valence electrons. The van der Waals surface area contributed by atoms with E-state index in [1.54, 1.807) is 0 Å². The van der Waals surface area contributed by atoms with Crippen LogP contribution in [0.3, 0.4) is 0 Å². The SMILES string of the molecule is C=C=C(C)C(CCC1CCCCC1)N=C(C)N.CC.CC1CCCCC1. The molecule has 0 bridgehead atoms. The van der Waals surface area contributed by atoms with E-state index >= 15 is 0 Å². The molecule has 2 fully saturated rings. The second kappa shape index (κ2) is 16.2. The van der Waals surface area contributed by atoms with Gasteiger partial charge in [-0.15, -0.1) is 5.73 Å². The second-order valence-corrected chi connectivity index (χ2v) is 7.97. The van der Waals surface area contributed by atoms with Gasteiger partial charge in [0.25, 0.3) is 0 Å². The molecule has 2 saturated carbocycles. The molecule has 0 aromatic carbocycles. The lowest BCUT2D eigenvalue weighted by atomic mass is 9.84. The Morgan fingerprint density at radius 1 is 1.00 bits per heavy atom. The fourth-order valence-corrected chi connectivity index (χ4v) is 3.92. The molecular weight excluding hydrogens is 316 g/mol. The number of hydrogen-bond donors (Lipinski definition) is 1. The van der Waals surface area contributed by atoms with E-state index in [1.165, 1.54) is 70.6 Å². The Labute approximate surface area is 164 Å². The second-order valence-electron chi connectivity index (χ2n) is 7.97. The van der Waals surface area contributed by atoms with Gasteiger partial charge >= 0.3 is 0 Å². The molecule has 0 saturated heterocycles. The summed E-state index contributed by atoms with van der Waals surface area (Å²) in [7, 11) is 0. The van der Waals surface area contributed by atoms with E-state index in [9.17, 15) is 0 Å². The molecule has 2 aliphatic rings. The van der Waals surface area contributed by atoms with E-state index in [4.69, 9.17) is 5.73 Å².